The summed E-state index contributed by atoms with van der Waals surface area (Å²) in [6.45, 7) is 6.52. The van der Waals surface area contributed by atoms with Crippen LogP contribution in [-0.2, 0) is 30.8 Å². The molecule has 162 valence electrons. The lowest BCUT2D eigenvalue weighted by Gasteiger charge is -2.17. The monoisotopic (exact) mass is 455 g/mol. The number of aryl methyl sites for hydroxylation is 2. The van der Waals surface area contributed by atoms with E-state index in [0.717, 1.165) is 18.6 Å². The van der Waals surface area contributed by atoms with Crippen molar-refractivity contribution in [2.75, 3.05) is 5.32 Å². The van der Waals surface area contributed by atoms with E-state index >= 15 is 0 Å². The first-order valence-electron chi connectivity index (χ1n) is 10.3. The van der Waals surface area contributed by atoms with Crippen molar-refractivity contribution in [2.45, 2.75) is 56.2 Å². The molecule has 2 heterocycles. The summed E-state index contributed by atoms with van der Waals surface area (Å²) in [6, 6.07) is 6.34. The predicted octanol–water partition coefficient (Wildman–Crippen LogP) is 4.50. The van der Waals surface area contributed by atoms with Crippen LogP contribution in [0.1, 0.15) is 36.7 Å². The minimum absolute atomic E-state index is 0.125. The van der Waals surface area contributed by atoms with Crippen LogP contribution in [0.4, 0.5) is 5.13 Å². The summed E-state index contributed by atoms with van der Waals surface area (Å²) in [5, 5.41) is 14.1. The second-order valence-electron chi connectivity index (χ2n) is 7.31. The molecular weight excluding hydrogens is 430 g/mol. The number of aromatic nitrogens is 4. The van der Waals surface area contributed by atoms with Gasteiger partial charge in [0.15, 0.2) is 16.1 Å². The Labute approximate surface area is 189 Å². The van der Waals surface area contributed by atoms with E-state index in [-0.39, 0.29) is 11.2 Å². The van der Waals surface area contributed by atoms with Crippen LogP contribution in [0.2, 0.25) is 0 Å². The molecule has 1 aliphatic rings. The second-order valence-corrected chi connectivity index (χ2v) is 9.51. The molecule has 4 rings (SSSR count). The fourth-order valence-electron chi connectivity index (χ4n) is 3.48. The zero-order valence-electron chi connectivity index (χ0n) is 17.4. The Kier molecular flexibility index (Phi) is 7.03. The Morgan fingerprint density at radius 2 is 2.19 bits per heavy atom. The van der Waals surface area contributed by atoms with Crippen LogP contribution in [0, 0.1) is 0 Å². The summed E-state index contributed by atoms with van der Waals surface area (Å²) in [5.74, 6) is 1.42. The molecule has 1 aromatic carbocycles. The third-order valence-electron chi connectivity index (χ3n) is 5.11. The molecule has 1 atom stereocenters. The standard InChI is InChI=1S/C22H25N5O2S2/c1-3-11-27-19(14-29-18-9-8-16-6-4-5-7-17(16)13-18)25-26-22(27)31-15(2)20(28)24-21-23-10-12-30-21/h3,8-10,12-13,15H,1,4-7,11,14H2,2H3,(H,23,24,28). The molecule has 0 saturated carbocycles. The molecule has 1 N–H and O–H groups in total. The number of carbonyl (C=O) groups is 1. The largest absolute Gasteiger partial charge is 0.486 e. The Morgan fingerprint density at radius 1 is 1.35 bits per heavy atom. The van der Waals surface area contributed by atoms with E-state index in [4.69, 9.17) is 4.74 Å². The van der Waals surface area contributed by atoms with Crippen molar-refractivity contribution >= 4 is 34.1 Å². The van der Waals surface area contributed by atoms with Gasteiger partial charge in [0.25, 0.3) is 0 Å². The summed E-state index contributed by atoms with van der Waals surface area (Å²) in [7, 11) is 0. The summed E-state index contributed by atoms with van der Waals surface area (Å²) < 4.78 is 7.96. The molecule has 0 fully saturated rings. The maximum absolute atomic E-state index is 12.5. The van der Waals surface area contributed by atoms with E-state index in [1.54, 1.807) is 12.3 Å². The molecular formula is C22H25N5O2S2. The highest BCUT2D eigenvalue weighted by atomic mass is 32.2. The fourth-order valence-corrected chi connectivity index (χ4v) is 4.89. The normalized spacial score (nSPS) is 14.0. The van der Waals surface area contributed by atoms with Gasteiger partial charge in [0.1, 0.15) is 12.4 Å². The Bertz CT molecular complexity index is 1050. The Balaban J connectivity index is 1.42. The number of anilines is 1. The van der Waals surface area contributed by atoms with Crippen LogP contribution >= 0.6 is 23.1 Å². The molecule has 0 bridgehead atoms. The quantitative estimate of drug-likeness (QED) is 0.378. The summed E-state index contributed by atoms with van der Waals surface area (Å²) in [4.78, 5) is 16.5. The summed E-state index contributed by atoms with van der Waals surface area (Å²) >= 11 is 2.74. The average Bonchev–Trinajstić information content (AvgIpc) is 3.43. The van der Waals surface area contributed by atoms with Crippen molar-refractivity contribution in [3.05, 3.63) is 59.4 Å². The van der Waals surface area contributed by atoms with Gasteiger partial charge in [-0.3, -0.25) is 9.36 Å². The van der Waals surface area contributed by atoms with Gasteiger partial charge in [-0.2, -0.15) is 0 Å². The number of benzene rings is 1. The van der Waals surface area contributed by atoms with Gasteiger partial charge in [0, 0.05) is 18.1 Å². The van der Waals surface area contributed by atoms with Crippen molar-refractivity contribution in [2.24, 2.45) is 0 Å². The first kappa shape index (κ1) is 21.6. The number of carbonyl (C=O) groups excluding carboxylic acids is 1. The van der Waals surface area contributed by atoms with Gasteiger partial charge in [0.05, 0.1) is 5.25 Å². The fraction of sp³-hybridized carbons (Fsp3) is 0.364. The lowest BCUT2D eigenvalue weighted by Crippen LogP contribution is -2.23. The average molecular weight is 456 g/mol. The summed E-state index contributed by atoms with van der Waals surface area (Å²) in [6.07, 6.45) is 8.21. The minimum Gasteiger partial charge on any atom is -0.486 e. The van der Waals surface area contributed by atoms with E-state index in [1.807, 2.05) is 22.9 Å². The number of nitrogens with one attached hydrogen (secondary N) is 1. The van der Waals surface area contributed by atoms with Crippen LogP contribution in [0.25, 0.3) is 0 Å². The minimum atomic E-state index is -0.355. The van der Waals surface area contributed by atoms with Gasteiger partial charge < -0.3 is 10.1 Å². The molecule has 0 saturated heterocycles. The number of thioether (sulfide) groups is 1. The summed E-state index contributed by atoms with van der Waals surface area (Å²) in [5.41, 5.74) is 2.81. The molecule has 1 unspecified atom stereocenters. The Hall–Kier alpha value is -2.65. The van der Waals surface area contributed by atoms with Crippen molar-refractivity contribution < 1.29 is 9.53 Å². The van der Waals surface area contributed by atoms with Gasteiger partial charge in [-0.05, 0) is 55.9 Å². The first-order valence-corrected chi connectivity index (χ1v) is 12.0. The van der Waals surface area contributed by atoms with Gasteiger partial charge in [-0.1, -0.05) is 23.9 Å². The van der Waals surface area contributed by atoms with E-state index < -0.39 is 0 Å². The second kappa shape index (κ2) is 10.1. The third kappa shape index (κ3) is 5.34. The van der Waals surface area contributed by atoms with Gasteiger partial charge in [0.2, 0.25) is 5.91 Å². The SMILES string of the molecule is C=CCn1c(COc2ccc3c(c2)CCCC3)nnc1SC(C)C(=O)Nc1nccs1. The number of ether oxygens (including phenoxy) is 1. The maximum Gasteiger partial charge on any atom is 0.239 e. The van der Waals surface area contributed by atoms with Crippen molar-refractivity contribution in [3.63, 3.8) is 0 Å². The molecule has 0 radical (unpaired) electrons. The van der Waals surface area contributed by atoms with Crippen molar-refractivity contribution in [1.29, 1.82) is 0 Å². The molecule has 2 aromatic heterocycles. The number of rotatable bonds is 9. The zero-order chi connectivity index (χ0) is 21.6. The lowest BCUT2D eigenvalue weighted by atomic mass is 9.92. The van der Waals surface area contributed by atoms with E-state index in [0.29, 0.717) is 29.3 Å². The predicted molar refractivity (Wildman–Crippen MR) is 124 cm³/mol. The molecule has 1 aliphatic carbocycles. The Morgan fingerprint density at radius 3 is 2.97 bits per heavy atom. The third-order valence-corrected chi connectivity index (χ3v) is 6.88. The van der Waals surface area contributed by atoms with E-state index in [1.165, 1.54) is 47.1 Å². The van der Waals surface area contributed by atoms with Crippen LogP contribution < -0.4 is 10.1 Å². The molecule has 9 heteroatoms. The number of hydrogen-bond acceptors (Lipinski definition) is 7. The molecule has 0 spiro atoms. The van der Waals surface area contributed by atoms with Crippen molar-refractivity contribution in [1.82, 2.24) is 19.7 Å². The number of thiazole rings is 1. The van der Waals surface area contributed by atoms with Crippen LogP contribution in [0.5, 0.6) is 5.75 Å². The first-order chi connectivity index (χ1) is 15.1. The lowest BCUT2D eigenvalue weighted by molar-refractivity contribution is -0.115. The molecule has 31 heavy (non-hydrogen) atoms. The topological polar surface area (TPSA) is 81.9 Å². The van der Waals surface area contributed by atoms with Crippen molar-refractivity contribution in [3.8, 4) is 5.75 Å². The number of allylic oxidation sites excluding steroid dienone is 1. The highest BCUT2D eigenvalue weighted by Gasteiger charge is 2.21. The van der Waals surface area contributed by atoms with Gasteiger partial charge in [-0.25, -0.2) is 4.98 Å². The maximum atomic E-state index is 12.5. The number of hydrogen-bond donors (Lipinski definition) is 1. The van der Waals surface area contributed by atoms with E-state index in [9.17, 15) is 4.79 Å². The van der Waals surface area contributed by atoms with Crippen LogP contribution in [-0.4, -0.2) is 30.9 Å². The molecule has 1 amide bonds. The molecule has 0 aliphatic heterocycles. The molecule has 3 aromatic rings. The zero-order valence-corrected chi connectivity index (χ0v) is 19.0. The van der Waals surface area contributed by atoms with Crippen LogP contribution in [0.3, 0.4) is 0 Å². The smallest absolute Gasteiger partial charge is 0.239 e. The molecule has 7 nitrogen and oxygen atoms in total. The number of nitrogens with zero attached hydrogens (tertiary/aromatic N) is 4. The highest BCUT2D eigenvalue weighted by molar-refractivity contribution is 8.00. The van der Waals surface area contributed by atoms with Crippen LogP contribution in [0.15, 0.2) is 47.6 Å². The van der Waals surface area contributed by atoms with E-state index in [2.05, 4.69) is 39.2 Å². The van der Waals surface area contributed by atoms with Gasteiger partial charge >= 0.3 is 0 Å². The number of fused-ring (bicyclic) bond motifs is 1. The number of amides is 1. The highest BCUT2D eigenvalue weighted by Crippen LogP contribution is 2.27. The van der Waals surface area contributed by atoms with Gasteiger partial charge in [-0.15, -0.1) is 28.1 Å².